The number of piperazine rings is 1. The number of tetrazole rings is 1. The predicted molar refractivity (Wildman–Crippen MR) is 198 cm³/mol. The van der Waals surface area contributed by atoms with Crippen LogP contribution in [0.15, 0.2) is 73.1 Å². The Morgan fingerprint density at radius 1 is 0.800 bits per heavy atom. The average Bonchev–Trinajstić information content (AvgIpc) is 3.85. The Hall–Kier alpha value is -6.82. The highest BCUT2D eigenvalue weighted by Gasteiger charge is 2.41. The van der Waals surface area contributed by atoms with E-state index in [0.717, 1.165) is 19.3 Å². The van der Waals surface area contributed by atoms with E-state index in [-0.39, 0.29) is 47.8 Å². The van der Waals surface area contributed by atoms with E-state index in [1.54, 1.807) is 41.3 Å². The van der Waals surface area contributed by atoms with Crippen LogP contribution >= 0.6 is 11.6 Å². The molecule has 2 saturated heterocycles. The number of rotatable bonds is 9. The van der Waals surface area contributed by atoms with Gasteiger partial charge in [0, 0.05) is 54.4 Å². The first-order chi connectivity index (χ1) is 26.5. The van der Waals surface area contributed by atoms with Crippen molar-refractivity contribution in [1.82, 2.24) is 34.6 Å². The fourth-order valence-electron chi connectivity index (χ4n) is 6.83. The molecule has 7 rings (SSSR count). The molecule has 5 aromatic rings. The summed E-state index contributed by atoms with van der Waals surface area (Å²) in [6, 6.07) is 15.5. The quantitative estimate of drug-likeness (QED) is 0.157. The summed E-state index contributed by atoms with van der Waals surface area (Å²) in [4.78, 5) is 82.5. The van der Waals surface area contributed by atoms with Crippen molar-refractivity contribution in [3.63, 3.8) is 0 Å². The summed E-state index contributed by atoms with van der Waals surface area (Å²) < 4.78 is 1.95. The van der Waals surface area contributed by atoms with Crippen LogP contribution in [0.25, 0.3) is 16.6 Å². The number of nitrogens with zero attached hydrogens (tertiary/aromatic N) is 8. The molecular weight excluding hydrogens is 736 g/mol. The van der Waals surface area contributed by atoms with E-state index in [9.17, 15) is 39.0 Å². The lowest BCUT2D eigenvalue weighted by atomic mass is 10.0. The number of anilines is 3. The summed E-state index contributed by atoms with van der Waals surface area (Å²) in [5, 5.41) is 36.6. The minimum Gasteiger partial charge on any atom is -0.477 e. The lowest BCUT2D eigenvalue weighted by Gasteiger charge is -2.38. The van der Waals surface area contributed by atoms with E-state index in [1.165, 1.54) is 51.1 Å². The van der Waals surface area contributed by atoms with Crippen molar-refractivity contribution in [2.75, 3.05) is 41.7 Å². The lowest BCUT2D eigenvalue weighted by Crippen LogP contribution is -2.60. The van der Waals surface area contributed by atoms with Crippen LogP contribution in [-0.4, -0.2) is 113 Å². The number of hydrogen-bond acceptors (Lipinski definition) is 9. The molecule has 4 heterocycles. The van der Waals surface area contributed by atoms with Crippen molar-refractivity contribution in [2.24, 2.45) is 0 Å². The Morgan fingerprint density at radius 2 is 1.55 bits per heavy atom. The smallest absolute Gasteiger partial charge is 0.416 e. The number of piperidine rings is 1. The van der Waals surface area contributed by atoms with Gasteiger partial charge in [-0.25, -0.2) is 19.0 Å². The zero-order chi connectivity index (χ0) is 38.8. The number of fused-ring (bicyclic) bond motifs is 1. The Kier molecular flexibility index (Phi) is 10.1. The van der Waals surface area contributed by atoms with E-state index in [1.807, 2.05) is 0 Å². The van der Waals surface area contributed by atoms with Gasteiger partial charge in [0.15, 0.2) is 0 Å². The van der Waals surface area contributed by atoms with Gasteiger partial charge in [-0.15, -0.1) is 5.10 Å². The molecule has 0 unspecified atom stereocenters. The maximum atomic E-state index is 14.2. The molecule has 3 aromatic carbocycles. The fourth-order valence-corrected chi connectivity index (χ4v) is 6.99. The minimum atomic E-state index is -1.49. The van der Waals surface area contributed by atoms with Crippen LogP contribution in [0.4, 0.5) is 26.7 Å². The number of carbonyl (C=O) groups is 6. The van der Waals surface area contributed by atoms with E-state index < -0.39 is 41.5 Å². The van der Waals surface area contributed by atoms with Crippen LogP contribution in [0, 0.1) is 0 Å². The average molecular weight is 769 g/mol. The number of benzene rings is 3. The maximum Gasteiger partial charge on any atom is 0.416 e. The third kappa shape index (κ3) is 7.52. The fraction of sp³-hybridized carbons (Fsp3) is 0.250. The molecule has 19 heteroatoms. The van der Waals surface area contributed by atoms with Gasteiger partial charge < -0.3 is 35.5 Å². The normalized spacial score (nSPS) is 15.3. The van der Waals surface area contributed by atoms with Crippen molar-refractivity contribution in [2.45, 2.75) is 31.7 Å². The van der Waals surface area contributed by atoms with Crippen LogP contribution in [0.3, 0.4) is 0 Å². The minimum absolute atomic E-state index is 0.0160. The van der Waals surface area contributed by atoms with Gasteiger partial charge in [-0.05, 0) is 89.8 Å². The second-order valence-electron chi connectivity index (χ2n) is 13.0. The Bertz CT molecular complexity index is 2320. The lowest BCUT2D eigenvalue weighted by molar-refractivity contribution is -0.149. The standard InChI is InChI=1S/C36H33ClN10O8/c37-23-6-10-27(46-20-38-41-42-46)28(19-23)44-14-15-45(33(50)32(44)49)29(16-21-4-7-24(8-5-21)40-35(53)43-12-2-1-3-13-43)31(48)39-25-9-11-26-22(17-25)18-30(34(51)52)47(26)36(54)55/h4-11,17-20,29H,1-3,12-16H2,(H,39,48)(H,40,53)(H,51,52)(H,54,55)/t29-/m0/s1. The van der Waals surface area contributed by atoms with E-state index in [0.29, 0.717) is 39.6 Å². The Balaban J connectivity index is 1.16. The van der Waals surface area contributed by atoms with Crippen molar-refractivity contribution in [3.05, 3.63) is 89.3 Å². The summed E-state index contributed by atoms with van der Waals surface area (Å²) >= 11 is 6.29. The molecule has 0 bridgehead atoms. The second-order valence-corrected chi connectivity index (χ2v) is 13.4. The second kappa shape index (κ2) is 15.3. The molecule has 5 amide bonds. The molecule has 18 nitrogen and oxygen atoms in total. The van der Waals surface area contributed by atoms with E-state index in [4.69, 9.17) is 11.6 Å². The van der Waals surface area contributed by atoms with Gasteiger partial charge in [0.1, 0.15) is 18.1 Å². The van der Waals surface area contributed by atoms with E-state index >= 15 is 0 Å². The third-order valence-corrected chi connectivity index (χ3v) is 9.75. The summed E-state index contributed by atoms with van der Waals surface area (Å²) in [5.41, 5.74) is 1.64. The number of nitrogens with one attached hydrogen (secondary N) is 2. The highest BCUT2D eigenvalue weighted by atomic mass is 35.5. The number of likely N-dealkylation sites (tertiary alicyclic amines) is 1. The van der Waals surface area contributed by atoms with Gasteiger partial charge in [0.05, 0.1) is 16.9 Å². The molecule has 0 radical (unpaired) electrons. The van der Waals surface area contributed by atoms with Gasteiger partial charge in [-0.3, -0.25) is 14.4 Å². The number of amides is 5. The molecule has 4 N–H and O–H groups in total. The molecule has 0 saturated carbocycles. The molecule has 2 aromatic heterocycles. The first-order valence-electron chi connectivity index (χ1n) is 17.2. The monoisotopic (exact) mass is 768 g/mol. The number of halogens is 1. The molecule has 282 valence electrons. The topological polar surface area (TPSA) is 225 Å². The van der Waals surface area contributed by atoms with Crippen molar-refractivity contribution in [3.8, 4) is 5.69 Å². The number of aromatic carboxylic acids is 1. The molecule has 1 atom stereocenters. The number of hydrogen-bond donors (Lipinski definition) is 4. The zero-order valence-electron chi connectivity index (χ0n) is 29.0. The van der Waals surface area contributed by atoms with Crippen molar-refractivity contribution < 1.29 is 39.0 Å². The Labute approximate surface area is 316 Å². The van der Waals surface area contributed by atoms with Crippen LogP contribution in [0.1, 0.15) is 35.3 Å². The molecule has 2 fully saturated rings. The van der Waals surface area contributed by atoms with Crippen LogP contribution in [0.5, 0.6) is 0 Å². The van der Waals surface area contributed by atoms with Crippen molar-refractivity contribution in [1.29, 1.82) is 0 Å². The summed E-state index contributed by atoms with van der Waals surface area (Å²) in [7, 11) is 0. The Morgan fingerprint density at radius 3 is 2.24 bits per heavy atom. The summed E-state index contributed by atoms with van der Waals surface area (Å²) in [5.74, 6) is -4.00. The van der Waals surface area contributed by atoms with Gasteiger partial charge in [0.2, 0.25) is 5.91 Å². The highest BCUT2D eigenvalue weighted by molar-refractivity contribution is 6.41. The van der Waals surface area contributed by atoms with E-state index in [2.05, 4.69) is 26.2 Å². The highest BCUT2D eigenvalue weighted by Crippen LogP contribution is 2.30. The first kappa shape index (κ1) is 36.5. The largest absolute Gasteiger partial charge is 0.477 e. The van der Waals surface area contributed by atoms with Gasteiger partial charge in [-0.2, -0.15) is 4.68 Å². The summed E-state index contributed by atoms with van der Waals surface area (Å²) in [6.45, 7) is 1.28. The maximum absolute atomic E-state index is 14.2. The number of carboxylic acid groups (broad SMARTS) is 2. The van der Waals surface area contributed by atoms with Gasteiger partial charge in [-0.1, -0.05) is 23.7 Å². The molecule has 55 heavy (non-hydrogen) atoms. The molecule has 0 spiro atoms. The SMILES string of the molecule is O=C(O)c1cc2cc(NC(=O)[C@H](Cc3ccc(NC(=O)N4CCCCC4)cc3)N3CCN(c4cc(Cl)ccc4-n4cnnn4)C(=O)C3=O)ccc2n1C(=O)O. The molecule has 0 aliphatic carbocycles. The predicted octanol–water partition coefficient (Wildman–Crippen LogP) is 3.94. The van der Waals surface area contributed by atoms with Crippen molar-refractivity contribution >= 4 is 75.4 Å². The third-order valence-electron chi connectivity index (χ3n) is 9.51. The summed E-state index contributed by atoms with van der Waals surface area (Å²) in [6.07, 6.45) is 2.77. The van der Waals surface area contributed by atoms with Gasteiger partial charge in [0.25, 0.3) is 0 Å². The zero-order valence-corrected chi connectivity index (χ0v) is 29.7. The molecule has 2 aliphatic rings. The van der Waals surface area contributed by atoms with Crippen LogP contribution in [0.2, 0.25) is 5.02 Å². The number of aromatic nitrogens is 5. The number of carbonyl (C=O) groups excluding carboxylic acids is 4. The molecular formula is C36H33ClN10O8. The molecule has 2 aliphatic heterocycles. The number of urea groups is 1. The van der Waals surface area contributed by atoms with Gasteiger partial charge >= 0.3 is 29.9 Å². The number of carboxylic acids is 1. The first-order valence-corrected chi connectivity index (χ1v) is 17.6. The van der Waals surface area contributed by atoms with Crippen LogP contribution in [-0.2, 0) is 20.8 Å². The van der Waals surface area contributed by atoms with Crippen LogP contribution < -0.4 is 15.5 Å².